The lowest BCUT2D eigenvalue weighted by atomic mass is 9.47. The summed E-state index contributed by atoms with van der Waals surface area (Å²) in [5.41, 5.74) is 1.82. The van der Waals surface area contributed by atoms with Crippen LogP contribution < -0.4 is 0 Å². The van der Waals surface area contributed by atoms with Crippen LogP contribution in [-0.4, -0.2) is 58.6 Å². The summed E-state index contributed by atoms with van der Waals surface area (Å²) in [6.45, 7) is 12.0. The number of likely N-dealkylation sites (tertiary alicyclic amines) is 1. The zero-order valence-corrected chi connectivity index (χ0v) is 33.1. The average Bonchev–Trinajstić information content (AvgIpc) is 3.43. The van der Waals surface area contributed by atoms with E-state index in [9.17, 15) is 28.7 Å². The Labute approximate surface area is 324 Å². The smallest absolute Gasteiger partial charge is 0.303 e. The molecule has 1 saturated heterocycles. The summed E-state index contributed by atoms with van der Waals surface area (Å²) in [7, 11) is 0. The molecule has 2 aromatic carbocycles. The Bertz CT molecular complexity index is 1830. The van der Waals surface area contributed by atoms with Crippen molar-refractivity contribution in [1.82, 2.24) is 4.90 Å². The fourth-order valence-electron chi connectivity index (χ4n) is 10.9. The second-order valence-electron chi connectivity index (χ2n) is 17.0. The van der Waals surface area contributed by atoms with Crippen LogP contribution in [0.3, 0.4) is 0 Å². The molecule has 0 amide bonds. The molecule has 2 aromatic rings. The minimum absolute atomic E-state index is 0.0160. The molecular weight excluding hydrogens is 705 g/mol. The van der Waals surface area contributed by atoms with Gasteiger partial charge in [0, 0.05) is 48.9 Å². The Morgan fingerprint density at radius 1 is 0.926 bits per heavy atom. The lowest BCUT2D eigenvalue weighted by Crippen LogP contribution is -2.58. The van der Waals surface area contributed by atoms with Crippen LogP contribution in [0.5, 0.6) is 0 Å². The molecule has 6 atom stereocenters. The molecule has 9 heteroatoms. The highest BCUT2D eigenvalue weighted by atomic mass is 35.5. The number of aliphatic hydroxyl groups is 1. The van der Waals surface area contributed by atoms with Gasteiger partial charge in [0.05, 0.1) is 5.60 Å². The van der Waals surface area contributed by atoms with E-state index in [1.165, 1.54) is 42.3 Å². The fraction of sp³-hybridized carbons (Fsp3) is 0.556. The second kappa shape index (κ2) is 15.6. The summed E-state index contributed by atoms with van der Waals surface area (Å²) in [4.78, 5) is 51.2. The maximum Gasteiger partial charge on any atom is 0.303 e. The van der Waals surface area contributed by atoms with Crippen molar-refractivity contribution >= 4 is 34.9 Å². The van der Waals surface area contributed by atoms with Gasteiger partial charge in [0.15, 0.2) is 23.0 Å². The Morgan fingerprint density at radius 2 is 1.57 bits per heavy atom. The number of esters is 1. The van der Waals surface area contributed by atoms with Crippen LogP contribution in [0.1, 0.15) is 115 Å². The van der Waals surface area contributed by atoms with Crippen LogP contribution in [0.4, 0.5) is 4.39 Å². The molecule has 1 heterocycles. The number of hydrogen-bond acceptors (Lipinski definition) is 7. The van der Waals surface area contributed by atoms with Gasteiger partial charge in [-0.3, -0.25) is 19.2 Å². The van der Waals surface area contributed by atoms with Gasteiger partial charge in [0.2, 0.25) is 0 Å². The minimum atomic E-state index is -0.990. The first kappa shape index (κ1) is 40.2. The fourth-order valence-corrected chi connectivity index (χ4v) is 11.0. The second-order valence-corrected chi connectivity index (χ2v) is 17.4. The van der Waals surface area contributed by atoms with Crippen molar-refractivity contribution in [3.05, 3.63) is 93.8 Å². The van der Waals surface area contributed by atoms with Gasteiger partial charge in [0.1, 0.15) is 5.82 Å². The first-order valence-electron chi connectivity index (χ1n) is 19.7. The number of Topliss-reactive ketones (excluding diaryl/α,β-unsaturated/α-hetero) is 2. The molecule has 6 unspecified atom stereocenters. The summed E-state index contributed by atoms with van der Waals surface area (Å²) >= 11 is 5.92. The summed E-state index contributed by atoms with van der Waals surface area (Å²) in [6.07, 6.45) is 11.7. The van der Waals surface area contributed by atoms with E-state index < -0.39 is 11.2 Å². The van der Waals surface area contributed by atoms with E-state index >= 15 is 0 Å². The van der Waals surface area contributed by atoms with Crippen LogP contribution >= 0.6 is 11.6 Å². The number of ether oxygens (including phenoxy) is 1. The van der Waals surface area contributed by atoms with Gasteiger partial charge in [-0.25, -0.2) is 4.39 Å². The monoisotopic (exact) mass is 759 g/mol. The Kier molecular flexibility index (Phi) is 11.6. The molecule has 2 saturated carbocycles. The van der Waals surface area contributed by atoms with Crippen LogP contribution in [0.2, 0.25) is 5.02 Å². The molecular formula is C45H55ClFNO6. The highest BCUT2D eigenvalue weighted by Crippen LogP contribution is 2.67. The third-order valence-electron chi connectivity index (χ3n) is 13.9. The molecule has 1 N–H and O–H groups in total. The normalized spacial score (nSPS) is 31.4. The van der Waals surface area contributed by atoms with E-state index in [0.717, 1.165) is 57.3 Å². The van der Waals surface area contributed by atoms with Gasteiger partial charge in [-0.15, -0.1) is 0 Å². The lowest BCUT2D eigenvalue weighted by Gasteiger charge is -2.58. The Hall–Kier alpha value is -3.46. The number of halogens is 2. The molecule has 290 valence electrons. The largest absolute Gasteiger partial charge is 0.451 e. The zero-order valence-electron chi connectivity index (χ0n) is 32.4. The molecule has 0 aromatic heterocycles. The number of benzene rings is 2. The van der Waals surface area contributed by atoms with E-state index in [0.29, 0.717) is 60.4 Å². The zero-order chi connectivity index (χ0) is 39.1. The molecule has 7 rings (SSSR count). The predicted octanol–water partition coefficient (Wildman–Crippen LogP) is 9.00. The van der Waals surface area contributed by atoms with E-state index in [1.54, 1.807) is 6.92 Å². The first-order valence-corrected chi connectivity index (χ1v) is 20.0. The van der Waals surface area contributed by atoms with Crippen molar-refractivity contribution < 1.29 is 33.4 Å². The van der Waals surface area contributed by atoms with Crippen LogP contribution in [-0.2, 0) is 24.7 Å². The average molecular weight is 760 g/mol. The van der Waals surface area contributed by atoms with E-state index in [1.807, 2.05) is 30.3 Å². The summed E-state index contributed by atoms with van der Waals surface area (Å²) in [5.74, 6) is 0.740. The van der Waals surface area contributed by atoms with Crippen molar-refractivity contribution in [3.63, 3.8) is 0 Å². The first-order chi connectivity index (χ1) is 25.5. The topological polar surface area (TPSA) is 101 Å². The van der Waals surface area contributed by atoms with E-state index in [2.05, 4.69) is 31.7 Å². The molecule has 4 aliphatic carbocycles. The number of allylic oxidation sites excluding steroid dienone is 4. The summed E-state index contributed by atoms with van der Waals surface area (Å²) in [5, 5.41) is 11.5. The van der Waals surface area contributed by atoms with Gasteiger partial charge >= 0.3 is 5.97 Å². The number of piperidine rings is 1. The molecule has 54 heavy (non-hydrogen) atoms. The van der Waals surface area contributed by atoms with Gasteiger partial charge in [0.25, 0.3) is 0 Å². The lowest BCUT2D eigenvalue weighted by molar-refractivity contribution is -0.185. The number of carbonyl (C=O) groups is 4. The van der Waals surface area contributed by atoms with Crippen molar-refractivity contribution in [1.29, 1.82) is 0 Å². The number of nitrogens with zero attached hydrogens (tertiary/aromatic N) is 1. The highest BCUT2D eigenvalue weighted by Gasteiger charge is 2.67. The molecule has 3 fully saturated rings. The van der Waals surface area contributed by atoms with Gasteiger partial charge < -0.3 is 14.7 Å². The van der Waals surface area contributed by atoms with Crippen LogP contribution in [0.15, 0.2) is 71.8 Å². The standard InChI is InChI=1S/C24H32O4.C21H23ClFNO2/c1-14-12-18-19(22(4)9-6-17(27)13-21(14)22)7-10-23(5)20(18)8-11-24(23,15(2)25)28-16(3)26;22-18-7-5-17(6-8-18)21(26)11-14-24(15-12-21)13-1-2-20(25)16-3-9-19(23)10-4-16/h12-13,18-20H,6-11H2,1-5H3;3-10,26H,1-2,11-15H2. The third-order valence-corrected chi connectivity index (χ3v) is 14.2. The van der Waals surface area contributed by atoms with Crippen molar-refractivity contribution in [3.8, 4) is 0 Å². The third kappa shape index (κ3) is 7.55. The Morgan fingerprint density at radius 3 is 2.20 bits per heavy atom. The summed E-state index contributed by atoms with van der Waals surface area (Å²) in [6, 6.07) is 13.1. The van der Waals surface area contributed by atoms with Crippen molar-refractivity contribution in [2.45, 2.75) is 110 Å². The SMILES string of the molecule is CC(=O)OC1(C(C)=O)CCC2C3C=C(C)C4=CC(=O)CCC4(C)C3CCC21C.O=C(CCCN1CCC(O)(c2ccc(Cl)cc2)CC1)c1ccc(F)cc1. The molecule has 5 aliphatic rings. The molecule has 0 bridgehead atoms. The molecule has 0 spiro atoms. The number of carbonyl (C=O) groups excluding carboxylic acids is 4. The minimum Gasteiger partial charge on any atom is -0.451 e. The van der Waals surface area contributed by atoms with Crippen molar-refractivity contribution in [2.24, 2.45) is 28.6 Å². The maximum absolute atomic E-state index is 12.9. The van der Waals surface area contributed by atoms with Gasteiger partial charge in [-0.2, -0.15) is 0 Å². The van der Waals surface area contributed by atoms with Crippen LogP contribution in [0, 0.1) is 34.4 Å². The van der Waals surface area contributed by atoms with Crippen molar-refractivity contribution in [2.75, 3.05) is 19.6 Å². The number of ketones is 3. The number of rotatable bonds is 8. The van der Waals surface area contributed by atoms with Crippen LogP contribution in [0.25, 0.3) is 0 Å². The van der Waals surface area contributed by atoms with E-state index in [4.69, 9.17) is 16.3 Å². The van der Waals surface area contributed by atoms with Gasteiger partial charge in [-0.1, -0.05) is 49.2 Å². The summed E-state index contributed by atoms with van der Waals surface area (Å²) < 4.78 is 18.7. The van der Waals surface area contributed by atoms with Gasteiger partial charge in [-0.05, 0) is 149 Å². The quantitative estimate of drug-likeness (QED) is 0.212. The molecule has 7 nitrogen and oxygen atoms in total. The maximum atomic E-state index is 12.9. The highest BCUT2D eigenvalue weighted by molar-refractivity contribution is 6.30. The predicted molar refractivity (Wildman–Crippen MR) is 207 cm³/mol. The Balaban J connectivity index is 0.000000185. The number of fused-ring (bicyclic) bond motifs is 5. The molecule has 0 radical (unpaired) electrons. The number of hydrogen-bond donors (Lipinski definition) is 1. The van der Waals surface area contributed by atoms with E-state index in [-0.39, 0.29) is 40.0 Å². The molecule has 1 aliphatic heterocycles.